The Labute approximate surface area is 136 Å². The molecule has 0 amide bonds. The van der Waals surface area contributed by atoms with Gasteiger partial charge in [0, 0.05) is 17.7 Å². The first-order valence-corrected chi connectivity index (χ1v) is 7.64. The van der Waals surface area contributed by atoms with Crippen LogP contribution in [0.1, 0.15) is 36.6 Å². The van der Waals surface area contributed by atoms with Crippen LogP contribution in [0.25, 0.3) is 0 Å². The topological polar surface area (TPSA) is 48.6 Å². The molecule has 0 unspecified atom stereocenters. The largest absolute Gasteiger partial charge is 0.496 e. The molecule has 2 atom stereocenters. The Hall–Kier alpha value is -2.80. The molecule has 23 heavy (non-hydrogen) atoms. The van der Waals surface area contributed by atoms with E-state index in [4.69, 9.17) is 4.74 Å². The lowest BCUT2D eigenvalue weighted by molar-refractivity contribution is 0.193. The van der Waals surface area contributed by atoms with Gasteiger partial charge in [-0.25, -0.2) is 0 Å². The molecule has 0 bridgehead atoms. The fourth-order valence-electron chi connectivity index (χ4n) is 3.03. The third-order valence-corrected chi connectivity index (χ3v) is 4.10. The summed E-state index contributed by atoms with van der Waals surface area (Å²) in [5.74, 6) is 0.714. The zero-order valence-electron chi connectivity index (χ0n) is 13.3. The van der Waals surface area contributed by atoms with Crippen LogP contribution in [0.4, 0.5) is 0 Å². The van der Waals surface area contributed by atoms with Crippen molar-refractivity contribution in [3.63, 3.8) is 0 Å². The number of hydrogen-bond acceptors (Lipinski definition) is 4. The van der Waals surface area contributed by atoms with Crippen LogP contribution in [-0.2, 0) is 0 Å². The Bertz CT molecular complexity index is 749. The maximum Gasteiger partial charge on any atom is 0.162 e. The summed E-state index contributed by atoms with van der Waals surface area (Å²) >= 11 is 0. The average Bonchev–Trinajstić information content (AvgIpc) is 2.98. The van der Waals surface area contributed by atoms with Gasteiger partial charge in [0.25, 0.3) is 0 Å². The normalized spacial score (nSPS) is 18.2. The van der Waals surface area contributed by atoms with Gasteiger partial charge in [0.2, 0.25) is 0 Å². The Morgan fingerprint density at radius 1 is 1.17 bits per heavy atom. The lowest BCUT2D eigenvalue weighted by Crippen LogP contribution is -2.24. The number of rotatable bonds is 4. The van der Waals surface area contributed by atoms with Crippen molar-refractivity contribution in [2.45, 2.75) is 25.4 Å². The molecule has 0 fully saturated rings. The Balaban J connectivity index is 2.01. The molecule has 0 radical (unpaired) electrons. The molecule has 4 nitrogen and oxygen atoms in total. The van der Waals surface area contributed by atoms with Crippen LogP contribution in [-0.4, -0.2) is 17.8 Å². The number of ether oxygens (including phenoxy) is 1. The Morgan fingerprint density at radius 3 is 2.57 bits per heavy atom. The lowest BCUT2D eigenvalue weighted by Gasteiger charge is -2.29. The summed E-state index contributed by atoms with van der Waals surface area (Å²) in [4.78, 5) is 0. The van der Waals surface area contributed by atoms with Crippen molar-refractivity contribution >= 4 is 5.71 Å². The molecule has 4 heteroatoms. The predicted molar refractivity (Wildman–Crippen MR) is 90.1 cm³/mol. The summed E-state index contributed by atoms with van der Waals surface area (Å²) in [6, 6.07) is 19.8. The van der Waals surface area contributed by atoms with E-state index < -0.39 is 6.04 Å². The van der Waals surface area contributed by atoms with E-state index in [2.05, 4.69) is 23.3 Å². The minimum absolute atomic E-state index is 0.0748. The van der Waals surface area contributed by atoms with Gasteiger partial charge in [0.1, 0.15) is 5.75 Å². The second-order valence-corrected chi connectivity index (χ2v) is 5.62. The van der Waals surface area contributed by atoms with Gasteiger partial charge in [-0.1, -0.05) is 48.5 Å². The van der Waals surface area contributed by atoms with Gasteiger partial charge < -0.3 is 4.74 Å². The molecule has 2 aromatic carbocycles. The van der Waals surface area contributed by atoms with E-state index in [-0.39, 0.29) is 6.04 Å². The van der Waals surface area contributed by atoms with Crippen molar-refractivity contribution in [2.75, 3.05) is 7.11 Å². The highest BCUT2D eigenvalue weighted by Gasteiger charge is 2.33. The quantitative estimate of drug-likeness (QED) is 0.855. The highest BCUT2D eigenvalue weighted by molar-refractivity contribution is 5.84. The molecule has 0 saturated carbocycles. The zero-order valence-corrected chi connectivity index (χ0v) is 13.3. The predicted octanol–water partition coefficient (Wildman–Crippen LogP) is 4.08. The van der Waals surface area contributed by atoms with Crippen LogP contribution in [0.3, 0.4) is 0 Å². The van der Waals surface area contributed by atoms with Crippen molar-refractivity contribution in [1.29, 1.82) is 5.26 Å². The average molecular weight is 305 g/mol. The first kappa shape index (κ1) is 15.1. The van der Waals surface area contributed by atoms with Gasteiger partial charge in [-0.3, -0.25) is 5.01 Å². The summed E-state index contributed by atoms with van der Waals surface area (Å²) in [6.07, 6.45) is 0.831. The number of nitrogens with zero attached hydrogens (tertiary/aromatic N) is 3. The van der Waals surface area contributed by atoms with Crippen molar-refractivity contribution < 1.29 is 4.74 Å². The molecule has 1 aliphatic rings. The number of hydrogen-bond donors (Lipinski definition) is 0. The Morgan fingerprint density at radius 2 is 1.87 bits per heavy atom. The van der Waals surface area contributed by atoms with Crippen LogP contribution in [0, 0.1) is 11.3 Å². The number of benzene rings is 2. The maximum atomic E-state index is 9.79. The third kappa shape index (κ3) is 2.91. The molecule has 0 aromatic heterocycles. The highest BCUT2D eigenvalue weighted by Crippen LogP contribution is 2.39. The van der Waals surface area contributed by atoms with E-state index in [1.807, 2.05) is 54.4 Å². The number of hydrazone groups is 1. The molecule has 0 spiro atoms. The summed E-state index contributed by atoms with van der Waals surface area (Å²) in [6.45, 7) is 2.01. The van der Waals surface area contributed by atoms with Gasteiger partial charge >= 0.3 is 0 Å². The van der Waals surface area contributed by atoms with E-state index in [0.29, 0.717) is 5.75 Å². The number of para-hydroxylation sites is 1. The molecule has 1 heterocycles. The minimum atomic E-state index is -0.478. The summed E-state index contributed by atoms with van der Waals surface area (Å²) in [7, 11) is 1.63. The zero-order chi connectivity index (χ0) is 16.2. The monoisotopic (exact) mass is 305 g/mol. The van der Waals surface area contributed by atoms with E-state index in [0.717, 1.165) is 17.7 Å². The van der Waals surface area contributed by atoms with Gasteiger partial charge in [-0.2, -0.15) is 10.4 Å². The standard InChI is InChI=1S/C19H19N3O/c1-14-12-17(15-8-4-3-5-9-15)22(21-14)18(13-20)16-10-6-7-11-19(16)23-2/h3-11,17-18H,12H2,1-2H3/t17-,18-/m1/s1. The van der Waals surface area contributed by atoms with Crippen LogP contribution in [0.5, 0.6) is 5.75 Å². The third-order valence-electron chi connectivity index (χ3n) is 4.10. The van der Waals surface area contributed by atoms with Gasteiger partial charge in [0.05, 0.1) is 19.2 Å². The summed E-state index contributed by atoms with van der Waals surface area (Å²) in [5.41, 5.74) is 3.05. The summed E-state index contributed by atoms with van der Waals surface area (Å²) in [5, 5.41) is 16.3. The van der Waals surface area contributed by atoms with Crippen LogP contribution in [0.15, 0.2) is 59.7 Å². The van der Waals surface area contributed by atoms with Gasteiger partial charge in [-0.05, 0) is 18.6 Å². The van der Waals surface area contributed by atoms with Crippen molar-refractivity contribution in [3.05, 3.63) is 65.7 Å². The summed E-state index contributed by atoms with van der Waals surface area (Å²) < 4.78 is 5.43. The second-order valence-electron chi connectivity index (χ2n) is 5.62. The van der Waals surface area contributed by atoms with Crippen LogP contribution >= 0.6 is 0 Å². The molecule has 0 saturated heterocycles. The number of methoxy groups -OCH3 is 1. The molecule has 1 aliphatic heterocycles. The van der Waals surface area contributed by atoms with E-state index in [9.17, 15) is 5.26 Å². The van der Waals surface area contributed by atoms with Crippen molar-refractivity contribution in [2.24, 2.45) is 5.10 Å². The molecule has 2 aromatic rings. The number of nitriles is 1. The first-order chi connectivity index (χ1) is 11.2. The fraction of sp³-hybridized carbons (Fsp3) is 0.263. The molecular weight excluding hydrogens is 286 g/mol. The molecule has 0 aliphatic carbocycles. The van der Waals surface area contributed by atoms with Crippen molar-refractivity contribution in [1.82, 2.24) is 5.01 Å². The smallest absolute Gasteiger partial charge is 0.162 e. The highest BCUT2D eigenvalue weighted by atomic mass is 16.5. The molecular formula is C19H19N3O. The Kier molecular flexibility index (Phi) is 4.29. The van der Waals surface area contributed by atoms with Gasteiger partial charge in [0.15, 0.2) is 6.04 Å². The minimum Gasteiger partial charge on any atom is -0.496 e. The maximum absolute atomic E-state index is 9.79. The second kappa shape index (κ2) is 6.53. The molecule has 3 rings (SSSR count). The molecule has 116 valence electrons. The van der Waals surface area contributed by atoms with E-state index >= 15 is 0 Å². The van der Waals surface area contributed by atoms with E-state index in [1.165, 1.54) is 5.56 Å². The SMILES string of the molecule is COc1ccccc1[C@@H](C#N)N1N=C(C)C[C@@H]1c1ccccc1. The van der Waals surface area contributed by atoms with E-state index in [1.54, 1.807) is 7.11 Å². The lowest BCUT2D eigenvalue weighted by atomic mass is 9.99. The fourth-order valence-corrected chi connectivity index (χ4v) is 3.03. The van der Waals surface area contributed by atoms with Crippen LogP contribution in [0.2, 0.25) is 0 Å². The van der Waals surface area contributed by atoms with Crippen LogP contribution < -0.4 is 4.74 Å². The van der Waals surface area contributed by atoms with Gasteiger partial charge in [-0.15, -0.1) is 0 Å². The van der Waals surface area contributed by atoms with Crippen molar-refractivity contribution in [3.8, 4) is 11.8 Å². The molecule has 0 N–H and O–H groups in total. The first-order valence-electron chi connectivity index (χ1n) is 7.64.